The number of carbonyl (C=O) groups excluding carboxylic acids is 2. The molecular weight excluding hydrogens is 525 g/mol. The number of anilines is 2. The van der Waals surface area contributed by atoms with Crippen molar-refractivity contribution in [3.05, 3.63) is 83.5 Å². The van der Waals surface area contributed by atoms with Gasteiger partial charge in [-0.05, 0) is 67.1 Å². The first-order chi connectivity index (χ1) is 18.4. The number of halogens is 1. The fourth-order valence-electron chi connectivity index (χ4n) is 3.58. The molecule has 2 N–H and O–H groups in total. The molecule has 0 fully saturated rings. The summed E-state index contributed by atoms with van der Waals surface area (Å²) < 4.78 is 23.8. The number of benzene rings is 3. The van der Waals surface area contributed by atoms with Crippen LogP contribution in [0.25, 0.3) is 11.3 Å². The van der Waals surface area contributed by atoms with Crippen LogP contribution in [0.5, 0.6) is 11.5 Å². The Labute approximate surface area is 228 Å². The van der Waals surface area contributed by atoms with Gasteiger partial charge in [-0.15, -0.1) is 23.1 Å². The fraction of sp³-hybridized carbons (Fsp3) is 0.179. The number of hydrogen-bond acceptors (Lipinski definition) is 7. The number of carbonyl (C=O) groups is 2. The van der Waals surface area contributed by atoms with Crippen molar-refractivity contribution in [2.24, 2.45) is 0 Å². The number of hydrogen-bond donors (Lipinski definition) is 2. The summed E-state index contributed by atoms with van der Waals surface area (Å²) in [6.07, 6.45) is 0.594. The number of rotatable bonds is 10. The third-order valence-electron chi connectivity index (χ3n) is 5.55. The van der Waals surface area contributed by atoms with Gasteiger partial charge in [-0.3, -0.25) is 9.59 Å². The zero-order valence-corrected chi connectivity index (χ0v) is 22.6. The molecule has 2 amide bonds. The molecule has 1 heterocycles. The monoisotopic (exact) mass is 551 g/mol. The highest BCUT2D eigenvalue weighted by molar-refractivity contribution is 8.00. The van der Waals surface area contributed by atoms with Gasteiger partial charge in [0.25, 0.3) is 5.91 Å². The molecule has 4 aromatic rings. The lowest BCUT2D eigenvalue weighted by Crippen LogP contribution is -2.24. The molecule has 0 aliphatic heterocycles. The number of nitrogens with one attached hydrogen (secondary N) is 2. The van der Waals surface area contributed by atoms with E-state index in [1.807, 2.05) is 42.6 Å². The molecule has 0 saturated heterocycles. The second-order valence-electron chi connectivity index (χ2n) is 8.10. The van der Waals surface area contributed by atoms with Crippen LogP contribution in [0.2, 0.25) is 0 Å². The van der Waals surface area contributed by atoms with Gasteiger partial charge in [-0.25, -0.2) is 9.37 Å². The Bertz CT molecular complexity index is 1430. The van der Waals surface area contributed by atoms with Crippen molar-refractivity contribution in [1.82, 2.24) is 4.98 Å². The summed E-state index contributed by atoms with van der Waals surface area (Å²) in [5.74, 6) is 0.320. The van der Waals surface area contributed by atoms with Crippen LogP contribution in [0, 0.1) is 5.82 Å². The molecule has 0 spiro atoms. The molecule has 10 heteroatoms. The van der Waals surface area contributed by atoms with Gasteiger partial charge >= 0.3 is 0 Å². The first kappa shape index (κ1) is 27.2. The molecule has 1 aromatic heterocycles. The lowest BCUT2D eigenvalue weighted by Gasteiger charge is -2.14. The van der Waals surface area contributed by atoms with Crippen LogP contribution >= 0.6 is 23.1 Å². The van der Waals surface area contributed by atoms with E-state index >= 15 is 0 Å². The topological polar surface area (TPSA) is 89.6 Å². The minimum Gasteiger partial charge on any atom is -0.493 e. The van der Waals surface area contributed by atoms with Crippen molar-refractivity contribution in [2.75, 3.05) is 24.9 Å². The molecule has 0 bridgehead atoms. The average molecular weight is 552 g/mol. The first-order valence-electron chi connectivity index (χ1n) is 11.7. The van der Waals surface area contributed by atoms with Crippen molar-refractivity contribution in [1.29, 1.82) is 0 Å². The summed E-state index contributed by atoms with van der Waals surface area (Å²) >= 11 is 2.74. The SMILES string of the molecule is CCC(Sc1cccc(NC(=O)c2ccc(F)cc2)c1)C(=O)Nc1nc(-c2ccc(OC)c(OC)c2)cs1. The molecule has 1 unspecified atom stereocenters. The lowest BCUT2D eigenvalue weighted by molar-refractivity contribution is -0.115. The van der Waals surface area contributed by atoms with Crippen molar-refractivity contribution in [3.8, 4) is 22.8 Å². The van der Waals surface area contributed by atoms with Gasteiger partial charge in [-0.2, -0.15) is 0 Å². The number of thioether (sulfide) groups is 1. The van der Waals surface area contributed by atoms with E-state index in [9.17, 15) is 14.0 Å². The van der Waals surface area contributed by atoms with Gasteiger partial charge in [0.05, 0.1) is 25.2 Å². The number of methoxy groups -OCH3 is 2. The van der Waals surface area contributed by atoms with Gasteiger partial charge in [0.2, 0.25) is 5.91 Å². The Kier molecular flexibility index (Phi) is 8.98. The molecule has 1 atom stereocenters. The minimum atomic E-state index is -0.404. The quantitative estimate of drug-likeness (QED) is 0.213. The van der Waals surface area contributed by atoms with Crippen molar-refractivity contribution in [3.63, 3.8) is 0 Å². The Morgan fingerprint density at radius 3 is 2.47 bits per heavy atom. The summed E-state index contributed by atoms with van der Waals surface area (Å²) in [5.41, 5.74) is 2.50. The highest BCUT2D eigenvalue weighted by atomic mass is 32.2. The maximum Gasteiger partial charge on any atom is 0.255 e. The number of amides is 2. The van der Waals surface area contributed by atoms with E-state index in [4.69, 9.17) is 9.47 Å². The zero-order valence-electron chi connectivity index (χ0n) is 21.0. The van der Waals surface area contributed by atoms with Crippen LogP contribution in [-0.2, 0) is 4.79 Å². The largest absolute Gasteiger partial charge is 0.493 e. The molecule has 38 heavy (non-hydrogen) atoms. The summed E-state index contributed by atoms with van der Waals surface area (Å²) in [6.45, 7) is 1.94. The Morgan fingerprint density at radius 1 is 1.00 bits per heavy atom. The molecule has 0 aliphatic rings. The van der Waals surface area contributed by atoms with Crippen molar-refractivity contribution < 1.29 is 23.5 Å². The summed E-state index contributed by atoms with van der Waals surface area (Å²) in [7, 11) is 3.16. The van der Waals surface area contributed by atoms with Crippen molar-refractivity contribution >= 4 is 45.7 Å². The van der Waals surface area contributed by atoms with Gasteiger partial charge in [0.15, 0.2) is 16.6 Å². The third kappa shape index (κ3) is 6.70. The summed E-state index contributed by atoms with van der Waals surface area (Å²) in [5, 5.41) is 7.73. The Morgan fingerprint density at radius 2 is 1.76 bits per heavy atom. The van der Waals surface area contributed by atoms with Gasteiger partial charge < -0.3 is 20.1 Å². The number of aromatic nitrogens is 1. The van der Waals surface area contributed by atoms with Gasteiger partial charge in [0, 0.05) is 27.1 Å². The smallest absolute Gasteiger partial charge is 0.255 e. The fourth-order valence-corrected chi connectivity index (χ4v) is 5.32. The van der Waals surface area contributed by atoms with E-state index in [1.165, 1.54) is 47.4 Å². The molecule has 0 aliphatic carbocycles. The maximum atomic E-state index is 13.1. The second kappa shape index (κ2) is 12.6. The highest BCUT2D eigenvalue weighted by Gasteiger charge is 2.20. The van der Waals surface area contributed by atoms with Crippen molar-refractivity contribution in [2.45, 2.75) is 23.5 Å². The molecule has 3 aromatic carbocycles. The Hall–Kier alpha value is -3.89. The van der Waals surface area contributed by atoms with E-state index in [-0.39, 0.29) is 17.1 Å². The highest BCUT2D eigenvalue weighted by Crippen LogP contribution is 2.34. The molecule has 7 nitrogen and oxygen atoms in total. The predicted octanol–water partition coefficient (Wildman–Crippen LogP) is 6.73. The molecular formula is C28H26FN3O4S2. The predicted molar refractivity (Wildman–Crippen MR) is 150 cm³/mol. The molecule has 0 saturated carbocycles. The van der Waals surface area contributed by atoms with E-state index < -0.39 is 5.82 Å². The maximum absolute atomic E-state index is 13.1. The number of thiazole rings is 1. The first-order valence-corrected chi connectivity index (χ1v) is 13.5. The van der Waals surface area contributed by atoms with E-state index in [2.05, 4.69) is 15.6 Å². The van der Waals surface area contributed by atoms with Crippen LogP contribution in [0.4, 0.5) is 15.2 Å². The second-order valence-corrected chi connectivity index (χ2v) is 10.2. The third-order valence-corrected chi connectivity index (χ3v) is 7.67. The standard InChI is InChI=1S/C28H26FN3O4S2/c1-4-25(38-21-7-5-6-20(15-21)30-26(33)17-8-11-19(29)12-9-17)27(34)32-28-31-22(16-37-28)18-10-13-23(35-2)24(14-18)36-3/h5-16,25H,4H2,1-3H3,(H,30,33)(H,31,32,34). The molecule has 4 rings (SSSR count). The normalized spacial score (nSPS) is 11.5. The average Bonchev–Trinajstić information content (AvgIpc) is 3.40. The summed E-state index contributed by atoms with van der Waals surface area (Å²) in [4.78, 5) is 30.9. The number of ether oxygens (including phenoxy) is 2. The van der Waals surface area contributed by atoms with E-state index in [0.717, 1.165) is 16.2 Å². The lowest BCUT2D eigenvalue weighted by atomic mass is 10.1. The molecule has 196 valence electrons. The van der Waals surface area contributed by atoms with Crippen LogP contribution in [-0.4, -0.2) is 36.3 Å². The molecule has 0 radical (unpaired) electrons. The van der Waals surface area contributed by atoms with Crippen LogP contribution in [0.15, 0.2) is 77.0 Å². The van der Waals surface area contributed by atoms with Gasteiger partial charge in [0.1, 0.15) is 5.82 Å². The number of nitrogens with zero attached hydrogens (tertiary/aromatic N) is 1. The zero-order chi connectivity index (χ0) is 27.1. The van der Waals surface area contributed by atoms with E-state index in [0.29, 0.717) is 34.3 Å². The van der Waals surface area contributed by atoms with E-state index in [1.54, 1.807) is 26.4 Å². The van der Waals surface area contributed by atoms with Crippen LogP contribution < -0.4 is 20.1 Å². The Balaban J connectivity index is 1.40. The van der Waals surface area contributed by atoms with Crippen LogP contribution in [0.3, 0.4) is 0 Å². The van der Waals surface area contributed by atoms with Gasteiger partial charge in [-0.1, -0.05) is 13.0 Å². The van der Waals surface area contributed by atoms with Crippen LogP contribution in [0.1, 0.15) is 23.7 Å². The summed E-state index contributed by atoms with van der Waals surface area (Å²) in [6, 6.07) is 18.1. The minimum absolute atomic E-state index is 0.161.